The minimum absolute atomic E-state index is 0.0340. The highest BCUT2D eigenvalue weighted by Gasteiger charge is 2.16. The Kier molecular flexibility index (Phi) is 2.69. The van der Waals surface area contributed by atoms with Gasteiger partial charge in [0, 0.05) is 17.2 Å². The Hall–Kier alpha value is -2.88. The van der Waals surface area contributed by atoms with Crippen LogP contribution >= 0.6 is 0 Å². The number of hydrogen-bond acceptors (Lipinski definition) is 6. The fraction of sp³-hybridized carbons (Fsp3) is 0.0909. The minimum atomic E-state index is -0.490. The topological polar surface area (TPSA) is 119 Å². The number of nitrogens with two attached hydrogens (primary N) is 1. The normalized spacial score (nSPS) is 10.0. The molecular weight excluding hydrogens is 236 g/mol. The summed E-state index contributed by atoms with van der Waals surface area (Å²) in [6.45, 7) is 1.63. The Morgan fingerprint density at radius 3 is 2.83 bits per heavy atom. The predicted molar refractivity (Wildman–Crippen MR) is 62.5 cm³/mol. The summed E-state index contributed by atoms with van der Waals surface area (Å²) in [7, 11) is 0. The molecule has 0 saturated carbocycles. The molecule has 0 radical (unpaired) electrons. The zero-order chi connectivity index (χ0) is 13.3. The SMILES string of the molecule is Cc1ccc(-c2nc(C#N)c(N)o2)cc1[N+](=O)[O-]. The van der Waals surface area contributed by atoms with Crippen molar-refractivity contribution in [2.75, 3.05) is 5.73 Å². The number of nitriles is 1. The van der Waals surface area contributed by atoms with Gasteiger partial charge >= 0.3 is 0 Å². The lowest BCUT2D eigenvalue weighted by Gasteiger charge is -1.99. The molecule has 0 amide bonds. The largest absolute Gasteiger partial charge is 0.419 e. The maximum absolute atomic E-state index is 10.8. The van der Waals surface area contributed by atoms with Gasteiger partial charge in [-0.3, -0.25) is 10.1 Å². The first kappa shape index (κ1) is 11.6. The number of oxazole rings is 1. The molecule has 0 unspecified atom stereocenters. The van der Waals surface area contributed by atoms with Crippen LogP contribution in [0.2, 0.25) is 0 Å². The van der Waals surface area contributed by atoms with Gasteiger partial charge in [0.15, 0.2) is 0 Å². The maximum Gasteiger partial charge on any atom is 0.273 e. The molecule has 1 aromatic heterocycles. The molecule has 7 nitrogen and oxygen atoms in total. The molecule has 0 atom stereocenters. The fourth-order valence-corrected chi connectivity index (χ4v) is 1.47. The number of aryl methyl sites for hydroxylation is 1. The van der Waals surface area contributed by atoms with Crippen LogP contribution in [-0.2, 0) is 0 Å². The van der Waals surface area contributed by atoms with E-state index in [2.05, 4.69) is 4.98 Å². The quantitative estimate of drug-likeness (QED) is 0.637. The Labute approximate surface area is 102 Å². The molecule has 2 rings (SSSR count). The van der Waals surface area contributed by atoms with Crippen LogP contribution in [-0.4, -0.2) is 9.91 Å². The Balaban J connectivity index is 2.54. The molecule has 0 saturated heterocycles. The van der Waals surface area contributed by atoms with Gasteiger partial charge in [0.05, 0.1) is 4.92 Å². The van der Waals surface area contributed by atoms with Gasteiger partial charge in [0.1, 0.15) is 6.07 Å². The van der Waals surface area contributed by atoms with Crippen molar-refractivity contribution < 1.29 is 9.34 Å². The van der Waals surface area contributed by atoms with Gasteiger partial charge < -0.3 is 10.2 Å². The van der Waals surface area contributed by atoms with Gasteiger partial charge in [0.2, 0.25) is 17.5 Å². The van der Waals surface area contributed by atoms with Crippen molar-refractivity contribution in [3.05, 3.63) is 39.6 Å². The van der Waals surface area contributed by atoms with Crippen molar-refractivity contribution >= 4 is 11.6 Å². The van der Waals surface area contributed by atoms with Crippen molar-refractivity contribution in [1.82, 2.24) is 4.98 Å². The highest BCUT2D eigenvalue weighted by atomic mass is 16.6. The first-order valence-corrected chi connectivity index (χ1v) is 4.94. The molecular formula is C11H8N4O3. The molecule has 0 aliphatic rings. The molecule has 0 aliphatic carbocycles. The summed E-state index contributed by atoms with van der Waals surface area (Å²) in [5.41, 5.74) is 6.29. The lowest BCUT2D eigenvalue weighted by atomic mass is 10.1. The number of nitro groups is 1. The number of nitro benzene ring substituents is 1. The molecule has 1 heterocycles. The van der Waals surface area contributed by atoms with Crippen LogP contribution in [0.15, 0.2) is 22.6 Å². The molecule has 0 aliphatic heterocycles. The van der Waals surface area contributed by atoms with Crippen molar-refractivity contribution in [2.24, 2.45) is 0 Å². The molecule has 0 spiro atoms. The summed E-state index contributed by atoms with van der Waals surface area (Å²) in [5.74, 6) is -0.0112. The van der Waals surface area contributed by atoms with E-state index in [0.717, 1.165) is 0 Å². The first-order chi connectivity index (χ1) is 8.52. The summed E-state index contributed by atoms with van der Waals surface area (Å²) >= 11 is 0. The Bertz CT molecular complexity index is 669. The Morgan fingerprint density at radius 2 is 2.28 bits per heavy atom. The number of aromatic nitrogens is 1. The average Bonchev–Trinajstić information content (AvgIpc) is 2.70. The zero-order valence-electron chi connectivity index (χ0n) is 9.38. The van der Waals surface area contributed by atoms with Crippen LogP contribution in [0, 0.1) is 28.4 Å². The number of benzene rings is 1. The summed E-state index contributed by atoms with van der Waals surface area (Å²) < 4.78 is 5.09. The van der Waals surface area contributed by atoms with Crippen LogP contribution in [0.1, 0.15) is 11.3 Å². The highest BCUT2D eigenvalue weighted by Crippen LogP contribution is 2.28. The molecule has 2 aromatic rings. The molecule has 7 heteroatoms. The smallest absolute Gasteiger partial charge is 0.273 e. The van der Waals surface area contributed by atoms with E-state index >= 15 is 0 Å². The van der Waals surface area contributed by atoms with E-state index in [0.29, 0.717) is 11.1 Å². The minimum Gasteiger partial charge on any atom is -0.419 e. The third kappa shape index (κ3) is 1.87. The van der Waals surface area contributed by atoms with Crippen LogP contribution in [0.5, 0.6) is 0 Å². The van der Waals surface area contributed by atoms with E-state index in [1.54, 1.807) is 25.1 Å². The van der Waals surface area contributed by atoms with E-state index in [1.807, 2.05) is 0 Å². The van der Waals surface area contributed by atoms with Crippen LogP contribution in [0.3, 0.4) is 0 Å². The van der Waals surface area contributed by atoms with E-state index in [-0.39, 0.29) is 23.2 Å². The summed E-state index contributed by atoms with van der Waals surface area (Å²) in [4.78, 5) is 14.2. The maximum atomic E-state index is 10.8. The van der Waals surface area contributed by atoms with E-state index in [1.165, 1.54) is 6.07 Å². The van der Waals surface area contributed by atoms with Gasteiger partial charge in [-0.1, -0.05) is 6.07 Å². The first-order valence-electron chi connectivity index (χ1n) is 4.94. The van der Waals surface area contributed by atoms with Gasteiger partial charge in [-0.15, -0.1) is 0 Å². The lowest BCUT2D eigenvalue weighted by Crippen LogP contribution is -1.92. The summed E-state index contributed by atoms with van der Waals surface area (Å²) in [6.07, 6.45) is 0. The second-order valence-electron chi connectivity index (χ2n) is 3.60. The molecule has 2 N–H and O–H groups in total. The Morgan fingerprint density at radius 1 is 1.56 bits per heavy atom. The third-order valence-electron chi connectivity index (χ3n) is 2.41. The van der Waals surface area contributed by atoms with Crippen molar-refractivity contribution in [3.63, 3.8) is 0 Å². The van der Waals surface area contributed by atoms with Crippen LogP contribution in [0.4, 0.5) is 11.6 Å². The monoisotopic (exact) mass is 244 g/mol. The van der Waals surface area contributed by atoms with Gasteiger partial charge in [-0.25, -0.2) is 0 Å². The standard InChI is InChI=1S/C11H8N4O3/c1-6-2-3-7(4-9(6)15(16)17)11-14-8(5-12)10(13)18-11/h2-4H,13H2,1H3. The summed E-state index contributed by atoms with van der Waals surface area (Å²) in [6, 6.07) is 6.31. The van der Waals surface area contributed by atoms with E-state index < -0.39 is 4.92 Å². The van der Waals surface area contributed by atoms with Crippen molar-refractivity contribution in [1.29, 1.82) is 5.26 Å². The van der Waals surface area contributed by atoms with E-state index in [4.69, 9.17) is 15.4 Å². The van der Waals surface area contributed by atoms with Gasteiger partial charge in [-0.2, -0.15) is 10.2 Å². The molecule has 0 bridgehead atoms. The van der Waals surface area contributed by atoms with Crippen molar-refractivity contribution in [2.45, 2.75) is 6.92 Å². The lowest BCUT2D eigenvalue weighted by molar-refractivity contribution is -0.385. The van der Waals surface area contributed by atoms with E-state index in [9.17, 15) is 10.1 Å². The number of nitrogens with zero attached hydrogens (tertiary/aromatic N) is 3. The molecule has 1 aromatic carbocycles. The number of hydrogen-bond donors (Lipinski definition) is 1. The molecule has 90 valence electrons. The number of rotatable bonds is 2. The molecule has 18 heavy (non-hydrogen) atoms. The van der Waals surface area contributed by atoms with Gasteiger partial charge in [0.25, 0.3) is 5.69 Å². The van der Waals surface area contributed by atoms with Crippen molar-refractivity contribution in [3.8, 4) is 17.5 Å². The predicted octanol–water partition coefficient (Wildman–Crippen LogP) is 2.01. The number of anilines is 1. The third-order valence-corrected chi connectivity index (χ3v) is 2.41. The fourth-order valence-electron chi connectivity index (χ4n) is 1.47. The second-order valence-corrected chi connectivity index (χ2v) is 3.60. The van der Waals surface area contributed by atoms with Crippen LogP contribution < -0.4 is 5.73 Å². The summed E-state index contributed by atoms with van der Waals surface area (Å²) in [5, 5.41) is 19.5. The molecule has 0 fully saturated rings. The van der Waals surface area contributed by atoms with Crippen LogP contribution in [0.25, 0.3) is 11.5 Å². The number of nitrogen functional groups attached to an aromatic ring is 1. The highest BCUT2D eigenvalue weighted by molar-refractivity contribution is 5.62. The zero-order valence-corrected chi connectivity index (χ0v) is 9.38. The average molecular weight is 244 g/mol. The second kappa shape index (κ2) is 4.18. The van der Waals surface area contributed by atoms with Gasteiger partial charge in [-0.05, 0) is 13.0 Å².